The first kappa shape index (κ1) is 27.4. The number of hydrogen-bond acceptors (Lipinski definition) is 9. The maximum atomic E-state index is 12.6. The van der Waals surface area contributed by atoms with E-state index in [9.17, 15) is 4.79 Å². The number of aromatic nitrogens is 3. The Labute approximate surface area is 234 Å². The fourth-order valence-corrected chi connectivity index (χ4v) is 4.66. The van der Waals surface area contributed by atoms with Crippen molar-refractivity contribution in [1.29, 1.82) is 0 Å². The number of carbonyl (C=O) groups excluding carboxylic acids is 1. The van der Waals surface area contributed by atoms with Crippen molar-refractivity contribution < 1.29 is 28.5 Å². The van der Waals surface area contributed by atoms with Crippen molar-refractivity contribution in [1.82, 2.24) is 19.7 Å². The summed E-state index contributed by atoms with van der Waals surface area (Å²) in [6.07, 6.45) is 3.07. The van der Waals surface area contributed by atoms with Crippen LogP contribution in [-0.2, 0) is 20.8 Å². The maximum absolute atomic E-state index is 12.6. The van der Waals surface area contributed by atoms with Gasteiger partial charge in [0.05, 0.1) is 19.3 Å². The van der Waals surface area contributed by atoms with E-state index in [1.807, 2.05) is 69.6 Å². The fraction of sp³-hybridized carbons (Fsp3) is 0.483. The molecule has 1 saturated heterocycles. The average molecular weight is 552 g/mol. The van der Waals surface area contributed by atoms with Gasteiger partial charge in [0.15, 0.2) is 18.0 Å². The molecule has 0 bridgehead atoms. The van der Waals surface area contributed by atoms with Crippen LogP contribution in [0.25, 0.3) is 11.0 Å². The minimum Gasteiger partial charge on any atom is -0.497 e. The minimum absolute atomic E-state index is 0.166. The molecule has 1 fully saturated rings. The molecule has 11 nitrogen and oxygen atoms in total. The van der Waals surface area contributed by atoms with Crippen LogP contribution in [0, 0.1) is 0 Å². The minimum atomic E-state index is -0.727. The molecule has 0 atom stereocenters. The SMILES string of the molecule is COc1ccc(Cn2nc(OCC3=COC(C)(C)O3)c3c(N4CCN(C(=O)OC(C)(C)C)CC4)ccnc32)cc1. The first-order valence-electron chi connectivity index (χ1n) is 13.4. The Morgan fingerprint density at radius 3 is 2.42 bits per heavy atom. The van der Waals surface area contributed by atoms with Gasteiger partial charge in [-0.2, -0.15) is 0 Å². The van der Waals surface area contributed by atoms with E-state index >= 15 is 0 Å². The predicted octanol–water partition coefficient (Wildman–Crippen LogP) is 4.55. The molecule has 40 heavy (non-hydrogen) atoms. The lowest BCUT2D eigenvalue weighted by Gasteiger charge is -2.36. The number of rotatable bonds is 7. The summed E-state index contributed by atoms with van der Waals surface area (Å²) in [6.45, 7) is 12.3. The predicted molar refractivity (Wildman–Crippen MR) is 149 cm³/mol. The number of methoxy groups -OCH3 is 1. The van der Waals surface area contributed by atoms with Crippen molar-refractivity contribution in [2.45, 2.75) is 52.6 Å². The molecule has 0 saturated carbocycles. The van der Waals surface area contributed by atoms with Gasteiger partial charge in [0.1, 0.15) is 23.0 Å². The van der Waals surface area contributed by atoms with Gasteiger partial charge in [0.2, 0.25) is 11.7 Å². The Morgan fingerprint density at radius 1 is 1.07 bits per heavy atom. The summed E-state index contributed by atoms with van der Waals surface area (Å²) in [5.41, 5.74) is 2.17. The highest BCUT2D eigenvalue weighted by atomic mass is 16.7. The number of fused-ring (bicyclic) bond motifs is 1. The maximum Gasteiger partial charge on any atom is 0.410 e. The van der Waals surface area contributed by atoms with Gasteiger partial charge in [-0.15, -0.1) is 5.10 Å². The van der Waals surface area contributed by atoms with Crippen LogP contribution in [0.5, 0.6) is 11.6 Å². The Bertz CT molecular complexity index is 1380. The lowest BCUT2D eigenvalue weighted by atomic mass is 10.2. The van der Waals surface area contributed by atoms with Crippen molar-refractivity contribution in [3.05, 3.63) is 54.1 Å². The van der Waals surface area contributed by atoms with Crippen LogP contribution in [0.3, 0.4) is 0 Å². The van der Waals surface area contributed by atoms with E-state index in [1.165, 1.54) is 0 Å². The molecule has 2 aliphatic heterocycles. The van der Waals surface area contributed by atoms with E-state index in [-0.39, 0.29) is 12.7 Å². The van der Waals surface area contributed by atoms with Gasteiger partial charge in [-0.3, -0.25) is 0 Å². The summed E-state index contributed by atoms with van der Waals surface area (Å²) >= 11 is 0. The van der Waals surface area contributed by atoms with Crippen molar-refractivity contribution >= 4 is 22.8 Å². The third-order valence-corrected chi connectivity index (χ3v) is 6.54. The Balaban J connectivity index is 1.41. The molecule has 5 rings (SSSR count). The molecule has 0 N–H and O–H groups in total. The molecule has 0 aliphatic carbocycles. The fourth-order valence-electron chi connectivity index (χ4n) is 4.66. The second kappa shape index (κ2) is 10.8. The topological polar surface area (TPSA) is 100 Å². The van der Waals surface area contributed by atoms with Gasteiger partial charge in [-0.05, 0) is 44.5 Å². The van der Waals surface area contributed by atoms with Crippen LogP contribution in [0.15, 0.2) is 48.5 Å². The van der Waals surface area contributed by atoms with Crippen LogP contribution >= 0.6 is 0 Å². The van der Waals surface area contributed by atoms with Gasteiger partial charge in [0, 0.05) is 46.2 Å². The molecule has 0 radical (unpaired) electrons. The lowest BCUT2D eigenvalue weighted by Crippen LogP contribution is -2.50. The number of amides is 1. The average Bonchev–Trinajstić information content (AvgIpc) is 3.45. The number of benzene rings is 1. The molecule has 11 heteroatoms. The van der Waals surface area contributed by atoms with Crippen molar-refractivity contribution in [3.63, 3.8) is 0 Å². The van der Waals surface area contributed by atoms with Crippen LogP contribution in [0.4, 0.5) is 10.5 Å². The molecule has 0 spiro atoms. The number of ether oxygens (including phenoxy) is 5. The first-order chi connectivity index (χ1) is 19.0. The summed E-state index contributed by atoms with van der Waals surface area (Å²) in [5, 5.41) is 5.64. The largest absolute Gasteiger partial charge is 0.497 e. The van der Waals surface area contributed by atoms with E-state index in [0.29, 0.717) is 50.0 Å². The highest BCUT2D eigenvalue weighted by molar-refractivity contribution is 5.94. The monoisotopic (exact) mass is 551 g/mol. The van der Waals surface area contributed by atoms with Gasteiger partial charge >= 0.3 is 6.09 Å². The third kappa shape index (κ3) is 6.19. The molecule has 2 aromatic heterocycles. The van der Waals surface area contributed by atoms with E-state index in [0.717, 1.165) is 22.4 Å². The van der Waals surface area contributed by atoms with E-state index in [4.69, 9.17) is 28.8 Å². The molecular weight excluding hydrogens is 514 g/mol. The van der Waals surface area contributed by atoms with Crippen LogP contribution in [0.1, 0.15) is 40.2 Å². The van der Waals surface area contributed by atoms with Gasteiger partial charge < -0.3 is 33.5 Å². The normalized spacial score (nSPS) is 16.8. The molecule has 2 aliphatic rings. The van der Waals surface area contributed by atoms with Crippen LogP contribution in [0.2, 0.25) is 0 Å². The van der Waals surface area contributed by atoms with Gasteiger partial charge in [-0.25, -0.2) is 14.5 Å². The highest BCUT2D eigenvalue weighted by Gasteiger charge is 2.30. The third-order valence-electron chi connectivity index (χ3n) is 6.54. The Hall–Kier alpha value is -4.15. The van der Waals surface area contributed by atoms with Crippen LogP contribution < -0.4 is 14.4 Å². The van der Waals surface area contributed by atoms with Crippen molar-refractivity contribution in [2.24, 2.45) is 0 Å². The Morgan fingerprint density at radius 2 is 1.80 bits per heavy atom. The van der Waals surface area contributed by atoms with Gasteiger partial charge in [0.25, 0.3) is 0 Å². The summed E-state index contributed by atoms with van der Waals surface area (Å²) < 4.78 is 30.3. The van der Waals surface area contributed by atoms with E-state index in [2.05, 4.69) is 9.88 Å². The zero-order valence-corrected chi connectivity index (χ0v) is 24.0. The van der Waals surface area contributed by atoms with Crippen molar-refractivity contribution in [3.8, 4) is 11.6 Å². The van der Waals surface area contributed by atoms with Gasteiger partial charge in [-0.1, -0.05) is 12.1 Å². The number of carbonyl (C=O) groups is 1. The second-order valence-corrected chi connectivity index (χ2v) is 11.3. The standard InChI is InChI=1S/C29H37N5O6/c1-28(2,3)40-27(35)33-15-13-32(14-16-33)23-11-12-30-25-24(23)26(37-18-22-19-38-29(4,5)39-22)31-34(25)17-20-7-9-21(36-6)10-8-20/h7-12,19H,13-18H2,1-6H3. The Kier molecular flexibility index (Phi) is 7.39. The summed E-state index contributed by atoms with van der Waals surface area (Å²) in [7, 11) is 1.65. The molecule has 0 unspecified atom stereocenters. The molecule has 214 valence electrons. The molecule has 1 aromatic carbocycles. The second-order valence-electron chi connectivity index (χ2n) is 11.3. The smallest absolute Gasteiger partial charge is 0.410 e. The molecule has 4 heterocycles. The van der Waals surface area contributed by atoms with E-state index < -0.39 is 11.4 Å². The van der Waals surface area contributed by atoms with Crippen molar-refractivity contribution in [2.75, 3.05) is 44.8 Å². The zero-order chi connectivity index (χ0) is 28.5. The molecule has 3 aromatic rings. The van der Waals surface area contributed by atoms with Crippen LogP contribution in [-0.4, -0.2) is 77.0 Å². The number of piperazine rings is 1. The van der Waals surface area contributed by atoms with E-state index in [1.54, 1.807) is 24.5 Å². The number of pyridine rings is 1. The number of nitrogens with zero attached hydrogens (tertiary/aromatic N) is 5. The lowest BCUT2D eigenvalue weighted by molar-refractivity contribution is -0.119. The first-order valence-corrected chi connectivity index (χ1v) is 13.4. The number of hydrogen-bond donors (Lipinski definition) is 0. The summed E-state index contributed by atoms with van der Waals surface area (Å²) in [6, 6.07) is 9.82. The summed E-state index contributed by atoms with van der Waals surface area (Å²) in [4.78, 5) is 21.3. The highest BCUT2D eigenvalue weighted by Crippen LogP contribution is 2.35. The quantitative estimate of drug-likeness (QED) is 0.419. The number of anilines is 1. The summed E-state index contributed by atoms with van der Waals surface area (Å²) in [5.74, 6) is 1.10. The zero-order valence-electron chi connectivity index (χ0n) is 24.0. The molecular formula is C29H37N5O6. The molecule has 1 amide bonds.